The Morgan fingerprint density at radius 3 is 3.20 bits per heavy atom. The largest absolute Gasteiger partial charge is 0.314 e. The van der Waals surface area contributed by atoms with E-state index >= 15 is 0 Å². The van der Waals surface area contributed by atoms with Crippen LogP contribution in [0.2, 0.25) is 0 Å². The van der Waals surface area contributed by atoms with Crippen LogP contribution < -0.4 is 5.32 Å². The SMILES string of the molecule is CC1CC2CNCCN2C1. The minimum atomic E-state index is 0.865. The van der Waals surface area contributed by atoms with Crippen molar-refractivity contribution in [3.05, 3.63) is 0 Å². The highest BCUT2D eigenvalue weighted by atomic mass is 15.2. The second-order valence-electron chi connectivity index (χ2n) is 3.69. The van der Waals surface area contributed by atoms with E-state index in [1.165, 1.54) is 32.6 Å². The number of hydrogen-bond donors (Lipinski definition) is 1. The van der Waals surface area contributed by atoms with Crippen molar-refractivity contribution in [1.29, 1.82) is 0 Å². The van der Waals surface area contributed by atoms with Crippen molar-refractivity contribution >= 4 is 0 Å². The molecule has 0 spiro atoms. The number of rotatable bonds is 0. The second kappa shape index (κ2) is 2.51. The van der Waals surface area contributed by atoms with Gasteiger partial charge in [-0.3, -0.25) is 4.90 Å². The van der Waals surface area contributed by atoms with Gasteiger partial charge in [0.25, 0.3) is 0 Å². The van der Waals surface area contributed by atoms with Gasteiger partial charge in [-0.05, 0) is 12.3 Å². The van der Waals surface area contributed by atoms with Crippen LogP contribution in [0.25, 0.3) is 0 Å². The molecule has 0 radical (unpaired) electrons. The molecule has 0 bridgehead atoms. The Morgan fingerprint density at radius 1 is 1.50 bits per heavy atom. The molecule has 0 aromatic rings. The maximum absolute atomic E-state index is 3.44. The molecule has 0 saturated carbocycles. The van der Waals surface area contributed by atoms with Gasteiger partial charge < -0.3 is 5.32 Å². The van der Waals surface area contributed by atoms with E-state index in [1.807, 2.05) is 0 Å². The first-order valence-electron chi connectivity index (χ1n) is 4.31. The van der Waals surface area contributed by atoms with Crippen molar-refractivity contribution in [3.8, 4) is 0 Å². The van der Waals surface area contributed by atoms with Crippen LogP contribution in [0.3, 0.4) is 0 Å². The molecular weight excluding hydrogens is 124 g/mol. The smallest absolute Gasteiger partial charge is 0.0224 e. The molecule has 0 aromatic carbocycles. The fraction of sp³-hybridized carbons (Fsp3) is 1.00. The van der Waals surface area contributed by atoms with Crippen molar-refractivity contribution < 1.29 is 0 Å². The molecule has 2 atom stereocenters. The van der Waals surface area contributed by atoms with Gasteiger partial charge in [-0.1, -0.05) is 6.92 Å². The molecule has 10 heavy (non-hydrogen) atoms. The summed E-state index contributed by atoms with van der Waals surface area (Å²) in [5.41, 5.74) is 0. The summed E-state index contributed by atoms with van der Waals surface area (Å²) in [6, 6.07) is 0.865. The van der Waals surface area contributed by atoms with Gasteiger partial charge in [0.15, 0.2) is 0 Å². The Kier molecular flexibility index (Phi) is 1.66. The van der Waals surface area contributed by atoms with Gasteiger partial charge in [-0.25, -0.2) is 0 Å². The fourth-order valence-electron chi connectivity index (χ4n) is 2.22. The van der Waals surface area contributed by atoms with E-state index in [4.69, 9.17) is 0 Å². The number of fused-ring (bicyclic) bond motifs is 1. The average Bonchev–Trinajstić information content (AvgIpc) is 2.27. The molecule has 2 rings (SSSR count). The Hall–Kier alpha value is -0.0800. The van der Waals surface area contributed by atoms with Crippen molar-refractivity contribution in [3.63, 3.8) is 0 Å². The minimum absolute atomic E-state index is 0.865. The Bertz CT molecular complexity index is 110. The first-order chi connectivity index (χ1) is 4.86. The van der Waals surface area contributed by atoms with E-state index in [-0.39, 0.29) is 0 Å². The van der Waals surface area contributed by atoms with Crippen molar-refractivity contribution in [2.75, 3.05) is 26.2 Å². The lowest BCUT2D eigenvalue weighted by molar-refractivity contribution is 0.211. The predicted octanol–water partition coefficient (Wildman–Crippen LogP) is 0.300. The van der Waals surface area contributed by atoms with Gasteiger partial charge in [-0.15, -0.1) is 0 Å². The Balaban J connectivity index is 1.97. The van der Waals surface area contributed by atoms with Crippen LogP contribution in [0.5, 0.6) is 0 Å². The van der Waals surface area contributed by atoms with Crippen LogP contribution >= 0.6 is 0 Å². The normalized spacial score (nSPS) is 41.7. The van der Waals surface area contributed by atoms with Crippen molar-refractivity contribution in [1.82, 2.24) is 10.2 Å². The molecule has 2 unspecified atom stereocenters. The lowest BCUT2D eigenvalue weighted by Gasteiger charge is -2.29. The molecule has 2 fully saturated rings. The van der Waals surface area contributed by atoms with Gasteiger partial charge in [-0.2, -0.15) is 0 Å². The molecule has 0 aromatic heterocycles. The standard InChI is InChI=1S/C8H16N2/c1-7-4-8-5-9-2-3-10(8)6-7/h7-9H,2-6H2,1H3. The highest BCUT2D eigenvalue weighted by molar-refractivity contribution is 4.87. The lowest BCUT2D eigenvalue weighted by Crippen LogP contribution is -2.47. The van der Waals surface area contributed by atoms with Gasteiger partial charge in [0, 0.05) is 32.2 Å². The maximum atomic E-state index is 3.44. The number of nitrogens with zero attached hydrogens (tertiary/aromatic N) is 1. The maximum Gasteiger partial charge on any atom is 0.0224 e. The first-order valence-corrected chi connectivity index (χ1v) is 4.31. The molecule has 2 heterocycles. The van der Waals surface area contributed by atoms with Crippen LogP contribution in [0.1, 0.15) is 13.3 Å². The van der Waals surface area contributed by atoms with E-state index in [1.54, 1.807) is 0 Å². The molecule has 2 nitrogen and oxygen atoms in total. The zero-order chi connectivity index (χ0) is 6.97. The summed E-state index contributed by atoms with van der Waals surface area (Å²) in [5.74, 6) is 0.935. The summed E-state index contributed by atoms with van der Waals surface area (Å²) >= 11 is 0. The molecule has 0 aliphatic carbocycles. The minimum Gasteiger partial charge on any atom is -0.314 e. The Labute approximate surface area is 62.6 Å². The van der Waals surface area contributed by atoms with E-state index in [2.05, 4.69) is 17.1 Å². The predicted molar refractivity (Wildman–Crippen MR) is 42.0 cm³/mol. The molecule has 2 heteroatoms. The first kappa shape index (κ1) is 6.62. The van der Waals surface area contributed by atoms with Gasteiger partial charge in [0.05, 0.1) is 0 Å². The van der Waals surface area contributed by atoms with Gasteiger partial charge in [0.2, 0.25) is 0 Å². The van der Waals surface area contributed by atoms with Crippen LogP contribution in [0.15, 0.2) is 0 Å². The lowest BCUT2D eigenvalue weighted by atomic mass is 10.1. The quantitative estimate of drug-likeness (QED) is 0.520. The third kappa shape index (κ3) is 1.06. The topological polar surface area (TPSA) is 15.3 Å². The number of piperazine rings is 1. The zero-order valence-electron chi connectivity index (χ0n) is 6.64. The summed E-state index contributed by atoms with van der Waals surface area (Å²) in [6.07, 6.45) is 1.41. The number of nitrogens with one attached hydrogen (secondary N) is 1. The van der Waals surface area contributed by atoms with E-state index in [0.29, 0.717) is 0 Å². The molecule has 2 aliphatic rings. The van der Waals surface area contributed by atoms with Crippen molar-refractivity contribution in [2.45, 2.75) is 19.4 Å². The summed E-state index contributed by atoms with van der Waals surface area (Å²) in [6.45, 7) is 7.40. The second-order valence-corrected chi connectivity index (χ2v) is 3.69. The molecule has 2 saturated heterocycles. The molecule has 2 aliphatic heterocycles. The van der Waals surface area contributed by atoms with E-state index < -0.39 is 0 Å². The van der Waals surface area contributed by atoms with Crippen molar-refractivity contribution in [2.24, 2.45) is 5.92 Å². The van der Waals surface area contributed by atoms with E-state index in [9.17, 15) is 0 Å². The average molecular weight is 140 g/mol. The zero-order valence-corrected chi connectivity index (χ0v) is 6.64. The summed E-state index contributed by atoms with van der Waals surface area (Å²) in [7, 11) is 0. The third-order valence-corrected chi connectivity index (χ3v) is 2.69. The molecule has 0 amide bonds. The highest BCUT2D eigenvalue weighted by Crippen LogP contribution is 2.22. The third-order valence-electron chi connectivity index (χ3n) is 2.69. The van der Waals surface area contributed by atoms with Crippen LogP contribution in [0, 0.1) is 5.92 Å². The van der Waals surface area contributed by atoms with Crippen LogP contribution in [0.4, 0.5) is 0 Å². The monoisotopic (exact) mass is 140 g/mol. The summed E-state index contributed by atoms with van der Waals surface area (Å²) < 4.78 is 0. The number of hydrogen-bond acceptors (Lipinski definition) is 2. The van der Waals surface area contributed by atoms with E-state index in [0.717, 1.165) is 12.0 Å². The summed E-state index contributed by atoms with van der Waals surface area (Å²) in [4.78, 5) is 2.63. The summed E-state index contributed by atoms with van der Waals surface area (Å²) in [5, 5.41) is 3.44. The molecular formula is C8H16N2. The fourth-order valence-corrected chi connectivity index (χ4v) is 2.22. The molecule has 58 valence electrons. The van der Waals surface area contributed by atoms with Crippen LogP contribution in [-0.2, 0) is 0 Å². The highest BCUT2D eigenvalue weighted by Gasteiger charge is 2.30. The van der Waals surface area contributed by atoms with Crippen LogP contribution in [-0.4, -0.2) is 37.1 Å². The Morgan fingerprint density at radius 2 is 2.40 bits per heavy atom. The van der Waals surface area contributed by atoms with Gasteiger partial charge in [0.1, 0.15) is 0 Å². The van der Waals surface area contributed by atoms with Gasteiger partial charge >= 0.3 is 0 Å². The molecule has 1 N–H and O–H groups in total.